The first-order valence-electron chi connectivity index (χ1n) is 7.92. The fraction of sp³-hybridized carbons (Fsp3) is 0.263. The van der Waals surface area contributed by atoms with Gasteiger partial charge >= 0.3 is 0 Å². The smallest absolute Gasteiger partial charge is 0.0594 e. The average Bonchev–Trinajstić information content (AvgIpc) is 3.01. The number of hydrogen-bond acceptors (Lipinski definition) is 4. The Labute approximate surface area is 145 Å². The molecule has 0 unspecified atom stereocenters. The van der Waals surface area contributed by atoms with E-state index in [4.69, 9.17) is 4.74 Å². The molecule has 0 N–H and O–H groups in total. The summed E-state index contributed by atoms with van der Waals surface area (Å²) in [6.07, 6.45) is 0. The van der Waals surface area contributed by atoms with E-state index in [-0.39, 0.29) is 0 Å². The minimum absolute atomic E-state index is 0.852. The van der Waals surface area contributed by atoms with Crippen molar-refractivity contribution in [2.45, 2.75) is 16.3 Å². The van der Waals surface area contributed by atoms with Crippen LogP contribution in [0.1, 0.15) is 5.56 Å². The van der Waals surface area contributed by atoms with Crippen LogP contribution in [0.15, 0.2) is 63.7 Å². The Bertz CT molecular complexity index is 793. The summed E-state index contributed by atoms with van der Waals surface area (Å²) in [6, 6.07) is 17.4. The summed E-state index contributed by atoms with van der Waals surface area (Å²) in [7, 11) is 0. The standard InChI is InChI=1S/C19H19NOS2/c1-3-7-17(15(5-1)13-20-9-11-21-12-10-20)23-19-14-22-18-8-4-2-6-16(18)19/h1-8,14H,9-13H2. The van der Waals surface area contributed by atoms with Crippen LogP contribution in [0, 0.1) is 0 Å². The lowest BCUT2D eigenvalue weighted by atomic mass is 10.2. The Kier molecular flexibility index (Phi) is 4.67. The molecule has 0 amide bonds. The first-order valence-corrected chi connectivity index (χ1v) is 9.62. The maximum Gasteiger partial charge on any atom is 0.0594 e. The first kappa shape index (κ1) is 15.2. The van der Waals surface area contributed by atoms with E-state index in [1.165, 1.54) is 25.4 Å². The van der Waals surface area contributed by atoms with Crippen molar-refractivity contribution in [3.63, 3.8) is 0 Å². The second-order valence-electron chi connectivity index (χ2n) is 5.69. The molecule has 3 aromatic rings. The van der Waals surface area contributed by atoms with Crippen molar-refractivity contribution in [1.82, 2.24) is 4.90 Å². The van der Waals surface area contributed by atoms with Gasteiger partial charge < -0.3 is 4.74 Å². The van der Waals surface area contributed by atoms with E-state index >= 15 is 0 Å². The van der Waals surface area contributed by atoms with Crippen LogP contribution in [0.2, 0.25) is 0 Å². The van der Waals surface area contributed by atoms with Gasteiger partial charge in [0.05, 0.1) is 13.2 Å². The quantitative estimate of drug-likeness (QED) is 0.671. The van der Waals surface area contributed by atoms with Gasteiger partial charge in [0.15, 0.2) is 0 Å². The Hall–Kier alpha value is -1.33. The topological polar surface area (TPSA) is 12.5 Å². The van der Waals surface area contributed by atoms with E-state index in [1.54, 1.807) is 0 Å². The minimum atomic E-state index is 0.852. The summed E-state index contributed by atoms with van der Waals surface area (Å²) >= 11 is 3.72. The molecule has 0 radical (unpaired) electrons. The van der Waals surface area contributed by atoms with Crippen LogP contribution in [0.5, 0.6) is 0 Å². The van der Waals surface area contributed by atoms with Gasteiger partial charge in [-0.05, 0) is 17.7 Å². The normalized spacial score (nSPS) is 16.0. The largest absolute Gasteiger partial charge is 0.379 e. The van der Waals surface area contributed by atoms with Crippen LogP contribution in [-0.4, -0.2) is 31.2 Å². The maximum absolute atomic E-state index is 5.46. The van der Waals surface area contributed by atoms with Crippen molar-refractivity contribution >= 4 is 33.2 Å². The zero-order chi connectivity index (χ0) is 15.5. The van der Waals surface area contributed by atoms with E-state index in [2.05, 4.69) is 58.8 Å². The number of rotatable bonds is 4. The van der Waals surface area contributed by atoms with Gasteiger partial charge in [-0.15, -0.1) is 11.3 Å². The molecule has 0 atom stereocenters. The van der Waals surface area contributed by atoms with Crippen molar-refractivity contribution < 1.29 is 4.74 Å². The fourth-order valence-corrected chi connectivity index (χ4v) is 5.04. The van der Waals surface area contributed by atoms with Gasteiger partial charge in [-0.1, -0.05) is 48.2 Å². The Morgan fingerprint density at radius 2 is 1.74 bits per heavy atom. The second-order valence-corrected chi connectivity index (χ2v) is 7.69. The second kappa shape index (κ2) is 7.05. The van der Waals surface area contributed by atoms with Crippen molar-refractivity contribution in [2.75, 3.05) is 26.3 Å². The molecule has 0 aliphatic carbocycles. The summed E-state index contributed by atoms with van der Waals surface area (Å²) in [5.41, 5.74) is 1.41. The third-order valence-corrected chi connectivity index (χ3v) is 6.42. The summed E-state index contributed by atoms with van der Waals surface area (Å²) in [5.74, 6) is 0. The van der Waals surface area contributed by atoms with E-state index in [0.717, 1.165) is 32.8 Å². The molecule has 4 heteroatoms. The summed E-state index contributed by atoms with van der Waals surface area (Å²) in [4.78, 5) is 5.21. The molecule has 0 bridgehead atoms. The van der Waals surface area contributed by atoms with Crippen LogP contribution >= 0.6 is 23.1 Å². The molecule has 1 fully saturated rings. The molecule has 2 aromatic carbocycles. The Morgan fingerprint density at radius 3 is 2.65 bits per heavy atom. The highest BCUT2D eigenvalue weighted by Gasteiger charge is 2.14. The number of ether oxygens (including phenoxy) is 1. The van der Waals surface area contributed by atoms with Crippen LogP contribution in [0.25, 0.3) is 10.1 Å². The zero-order valence-electron chi connectivity index (χ0n) is 12.9. The highest BCUT2D eigenvalue weighted by Crippen LogP contribution is 2.38. The van der Waals surface area contributed by atoms with Crippen LogP contribution in [0.4, 0.5) is 0 Å². The number of thiophene rings is 1. The molecule has 0 saturated carbocycles. The van der Waals surface area contributed by atoms with E-state index in [1.807, 2.05) is 23.1 Å². The molecule has 1 aromatic heterocycles. The molecule has 1 aliphatic rings. The van der Waals surface area contributed by atoms with E-state index in [0.29, 0.717) is 0 Å². The minimum Gasteiger partial charge on any atom is -0.379 e. The average molecular weight is 342 g/mol. The molecule has 0 spiro atoms. The lowest BCUT2D eigenvalue weighted by Gasteiger charge is -2.27. The third-order valence-electron chi connectivity index (χ3n) is 4.14. The predicted octanol–water partition coefficient (Wildman–Crippen LogP) is 4.88. The van der Waals surface area contributed by atoms with Crippen molar-refractivity contribution in [1.29, 1.82) is 0 Å². The number of nitrogens with zero attached hydrogens (tertiary/aromatic N) is 1. The first-order chi connectivity index (χ1) is 11.4. The van der Waals surface area contributed by atoms with Gasteiger partial charge in [0.1, 0.15) is 0 Å². The number of fused-ring (bicyclic) bond motifs is 1. The fourth-order valence-electron chi connectivity index (χ4n) is 2.89. The third kappa shape index (κ3) is 3.45. The summed E-state index contributed by atoms with van der Waals surface area (Å²) in [6.45, 7) is 4.77. The molecule has 2 heterocycles. The number of hydrogen-bond donors (Lipinski definition) is 0. The highest BCUT2D eigenvalue weighted by atomic mass is 32.2. The number of benzene rings is 2. The van der Waals surface area contributed by atoms with Gasteiger partial charge in [0.25, 0.3) is 0 Å². The van der Waals surface area contributed by atoms with Gasteiger partial charge in [-0.25, -0.2) is 0 Å². The molecule has 1 saturated heterocycles. The van der Waals surface area contributed by atoms with Crippen LogP contribution in [-0.2, 0) is 11.3 Å². The zero-order valence-corrected chi connectivity index (χ0v) is 14.5. The van der Waals surface area contributed by atoms with E-state index < -0.39 is 0 Å². The lowest BCUT2D eigenvalue weighted by molar-refractivity contribution is 0.0338. The molecular formula is C19H19NOS2. The van der Waals surface area contributed by atoms with Crippen LogP contribution in [0.3, 0.4) is 0 Å². The van der Waals surface area contributed by atoms with Crippen LogP contribution < -0.4 is 0 Å². The van der Waals surface area contributed by atoms with Crippen molar-refractivity contribution in [3.05, 3.63) is 59.5 Å². The predicted molar refractivity (Wildman–Crippen MR) is 98.5 cm³/mol. The monoisotopic (exact) mass is 341 g/mol. The van der Waals surface area contributed by atoms with Crippen molar-refractivity contribution in [3.8, 4) is 0 Å². The molecule has 23 heavy (non-hydrogen) atoms. The van der Waals surface area contributed by atoms with Gasteiger partial charge in [0.2, 0.25) is 0 Å². The summed E-state index contributed by atoms with van der Waals surface area (Å²) in [5, 5.41) is 3.64. The number of morpholine rings is 1. The maximum atomic E-state index is 5.46. The van der Waals surface area contributed by atoms with Gasteiger partial charge in [-0.2, -0.15) is 0 Å². The van der Waals surface area contributed by atoms with Gasteiger partial charge in [-0.3, -0.25) is 4.90 Å². The molecule has 118 valence electrons. The van der Waals surface area contributed by atoms with E-state index in [9.17, 15) is 0 Å². The Morgan fingerprint density at radius 1 is 0.957 bits per heavy atom. The molecular weight excluding hydrogens is 322 g/mol. The highest BCUT2D eigenvalue weighted by molar-refractivity contribution is 7.99. The molecule has 2 nitrogen and oxygen atoms in total. The lowest BCUT2D eigenvalue weighted by Crippen LogP contribution is -2.35. The molecule has 1 aliphatic heterocycles. The summed E-state index contributed by atoms with van der Waals surface area (Å²) < 4.78 is 6.82. The Balaban J connectivity index is 1.59. The molecule has 4 rings (SSSR count). The van der Waals surface area contributed by atoms with Gasteiger partial charge in [0, 0.05) is 44.9 Å². The SMILES string of the molecule is c1ccc(Sc2csc3ccccc23)c(CN2CCOCC2)c1. The van der Waals surface area contributed by atoms with Crippen molar-refractivity contribution in [2.24, 2.45) is 0 Å².